The Hall–Kier alpha value is -2.51. The lowest BCUT2D eigenvalue weighted by Crippen LogP contribution is -2.32. The third kappa shape index (κ3) is 4.43. The van der Waals surface area contributed by atoms with Crippen molar-refractivity contribution in [2.24, 2.45) is 5.92 Å². The second kappa shape index (κ2) is 8.93. The van der Waals surface area contributed by atoms with Crippen LogP contribution in [0.1, 0.15) is 53.3 Å². The van der Waals surface area contributed by atoms with Crippen molar-refractivity contribution in [3.63, 3.8) is 0 Å². The third-order valence-electron chi connectivity index (χ3n) is 5.94. The number of rotatable bonds is 7. The number of aliphatic hydroxyl groups is 1. The van der Waals surface area contributed by atoms with Crippen LogP contribution in [0.5, 0.6) is 5.75 Å². The lowest BCUT2D eigenvalue weighted by atomic mass is 9.89. The summed E-state index contributed by atoms with van der Waals surface area (Å²) in [4.78, 5) is 31.7. The van der Waals surface area contributed by atoms with Crippen molar-refractivity contribution in [3.05, 3.63) is 56.4 Å². The van der Waals surface area contributed by atoms with E-state index in [1.807, 2.05) is 6.92 Å². The molecule has 0 aliphatic heterocycles. The molecular formula is C24H28N2O4S. The topological polar surface area (TPSA) is 81.4 Å². The Morgan fingerprint density at radius 3 is 2.81 bits per heavy atom. The van der Waals surface area contributed by atoms with Crippen molar-refractivity contribution in [1.29, 1.82) is 0 Å². The van der Waals surface area contributed by atoms with Gasteiger partial charge in [0, 0.05) is 16.9 Å². The Morgan fingerprint density at radius 1 is 1.35 bits per heavy atom. The second-order valence-corrected chi connectivity index (χ2v) is 9.46. The Balaban J connectivity index is 1.49. The molecule has 31 heavy (non-hydrogen) atoms. The lowest BCUT2D eigenvalue weighted by molar-refractivity contribution is 0.0907. The van der Waals surface area contributed by atoms with E-state index in [1.165, 1.54) is 4.88 Å². The Labute approximate surface area is 185 Å². The number of hydrogen-bond acceptors (Lipinski definition) is 6. The maximum Gasteiger partial charge on any atom is 0.262 e. The van der Waals surface area contributed by atoms with Gasteiger partial charge in [0.15, 0.2) is 5.78 Å². The molecule has 0 bridgehead atoms. The highest BCUT2D eigenvalue weighted by molar-refractivity contribution is 7.18. The monoisotopic (exact) mass is 440 g/mol. The second-order valence-electron chi connectivity index (χ2n) is 8.37. The van der Waals surface area contributed by atoms with Crippen LogP contribution in [0.3, 0.4) is 0 Å². The molecule has 0 amide bonds. The Kier molecular flexibility index (Phi) is 6.25. The fourth-order valence-corrected chi connectivity index (χ4v) is 5.56. The number of fused-ring (bicyclic) bond motifs is 3. The third-order valence-corrected chi connectivity index (χ3v) is 7.09. The number of benzene rings is 1. The number of aromatic nitrogens is 2. The van der Waals surface area contributed by atoms with E-state index in [1.54, 1.807) is 47.1 Å². The Morgan fingerprint density at radius 2 is 2.10 bits per heavy atom. The van der Waals surface area contributed by atoms with Gasteiger partial charge in [-0.3, -0.25) is 14.2 Å². The molecule has 164 valence electrons. The molecule has 1 N–H and O–H groups in total. The van der Waals surface area contributed by atoms with Gasteiger partial charge in [-0.25, -0.2) is 4.98 Å². The Bertz CT molecular complexity index is 1160. The molecule has 1 aliphatic rings. The van der Waals surface area contributed by atoms with Gasteiger partial charge in [-0.2, -0.15) is 0 Å². The van der Waals surface area contributed by atoms with Crippen LogP contribution in [0, 0.1) is 12.8 Å². The quantitative estimate of drug-likeness (QED) is 0.563. The van der Waals surface area contributed by atoms with Gasteiger partial charge in [0.05, 0.1) is 11.9 Å². The van der Waals surface area contributed by atoms with E-state index >= 15 is 0 Å². The predicted molar refractivity (Wildman–Crippen MR) is 122 cm³/mol. The van der Waals surface area contributed by atoms with Crippen LogP contribution in [0.4, 0.5) is 0 Å². The minimum Gasteiger partial charge on any atom is -0.491 e. The number of carbonyl (C=O) groups excluding carboxylic acids is 1. The summed E-state index contributed by atoms with van der Waals surface area (Å²) in [5.41, 5.74) is 1.72. The molecule has 0 fully saturated rings. The van der Waals surface area contributed by atoms with Crippen LogP contribution in [-0.2, 0) is 19.4 Å². The first kappa shape index (κ1) is 21.7. The predicted octanol–water partition coefficient (Wildman–Crippen LogP) is 3.92. The molecular weight excluding hydrogens is 412 g/mol. The zero-order valence-corrected chi connectivity index (χ0v) is 19.0. The largest absolute Gasteiger partial charge is 0.491 e. The highest BCUT2D eigenvalue weighted by atomic mass is 32.1. The molecule has 0 radical (unpaired) electrons. The fourth-order valence-electron chi connectivity index (χ4n) is 4.14. The van der Waals surface area contributed by atoms with Crippen LogP contribution in [0.2, 0.25) is 0 Å². The summed E-state index contributed by atoms with van der Waals surface area (Å²) in [6.45, 7) is 6.05. The van der Waals surface area contributed by atoms with Gasteiger partial charge >= 0.3 is 0 Å². The van der Waals surface area contributed by atoms with Gasteiger partial charge in [0.1, 0.15) is 29.1 Å². The van der Waals surface area contributed by atoms with Crippen molar-refractivity contribution in [2.45, 2.75) is 59.1 Å². The summed E-state index contributed by atoms with van der Waals surface area (Å²) >= 11 is 1.64. The zero-order chi connectivity index (χ0) is 22.1. The van der Waals surface area contributed by atoms with Crippen LogP contribution >= 0.6 is 11.3 Å². The number of aliphatic hydroxyl groups excluding tert-OH is 1. The first-order valence-corrected chi connectivity index (χ1v) is 11.6. The molecule has 2 aromatic heterocycles. The number of Topliss-reactive ketones (excluding diaryl/α,β-unsaturated/α-hetero) is 1. The molecule has 0 saturated heterocycles. The fraction of sp³-hybridized carbons (Fsp3) is 0.458. The number of ketones is 1. The number of hydrogen-bond donors (Lipinski definition) is 1. The first-order chi connectivity index (χ1) is 14.9. The van der Waals surface area contributed by atoms with Gasteiger partial charge in [0.25, 0.3) is 5.56 Å². The summed E-state index contributed by atoms with van der Waals surface area (Å²) in [7, 11) is 0. The molecule has 1 aromatic carbocycles. The van der Waals surface area contributed by atoms with Crippen LogP contribution in [-0.4, -0.2) is 33.2 Å². The van der Waals surface area contributed by atoms with Gasteiger partial charge in [-0.15, -0.1) is 11.3 Å². The van der Waals surface area contributed by atoms with Gasteiger partial charge in [-0.1, -0.05) is 13.8 Å². The molecule has 2 heterocycles. The van der Waals surface area contributed by atoms with E-state index in [9.17, 15) is 14.7 Å². The molecule has 0 saturated carbocycles. The summed E-state index contributed by atoms with van der Waals surface area (Å²) < 4.78 is 7.23. The van der Waals surface area contributed by atoms with Gasteiger partial charge in [0.2, 0.25) is 0 Å². The molecule has 2 atom stereocenters. The summed E-state index contributed by atoms with van der Waals surface area (Å²) in [6.07, 6.45) is 2.61. The van der Waals surface area contributed by atoms with Crippen LogP contribution in [0.25, 0.3) is 10.2 Å². The molecule has 3 aromatic rings. The van der Waals surface area contributed by atoms with Crippen molar-refractivity contribution < 1.29 is 14.6 Å². The normalized spacial score (nSPS) is 16.8. The van der Waals surface area contributed by atoms with E-state index in [2.05, 4.69) is 11.9 Å². The van der Waals surface area contributed by atoms with Crippen LogP contribution < -0.4 is 10.3 Å². The molecule has 1 aliphatic carbocycles. The highest BCUT2D eigenvalue weighted by Crippen LogP contribution is 2.35. The van der Waals surface area contributed by atoms with Crippen LogP contribution in [0.15, 0.2) is 29.1 Å². The highest BCUT2D eigenvalue weighted by Gasteiger charge is 2.24. The molecule has 4 rings (SSSR count). The molecule has 0 unspecified atom stereocenters. The van der Waals surface area contributed by atoms with Crippen molar-refractivity contribution in [2.75, 3.05) is 6.61 Å². The van der Waals surface area contributed by atoms with Gasteiger partial charge < -0.3 is 9.84 Å². The molecule has 0 spiro atoms. The molecule has 7 heteroatoms. The number of carbonyl (C=O) groups is 1. The van der Waals surface area contributed by atoms with E-state index in [4.69, 9.17) is 4.74 Å². The SMILES string of the molecule is CCC(=O)c1ccc(OC[C@@H](O)Cn2c(C)nc3sc4c(c3c2=O)CC[C@H](C)C4)cc1. The average Bonchev–Trinajstić information content (AvgIpc) is 3.12. The van der Waals surface area contributed by atoms with Gasteiger partial charge in [-0.05, 0) is 61.9 Å². The van der Waals surface area contributed by atoms with E-state index < -0.39 is 6.10 Å². The zero-order valence-electron chi connectivity index (χ0n) is 18.2. The summed E-state index contributed by atoms with van der Waals surface area (Å²) in [5, 5.41) is 11.2. The smallest absolute Gasteiger partial charge is 0.262 e. The standard InChI is InChI=1S/C24H28N2O4S/c1-4-20(28)16-6-8-18(9-7-16)30-13-17(27)12-26-15(3)25-23-22(24(26)29)19-10-5-14(2)11-21(19)31-23/h6-9,14,17,27H,4-5,10-13H2,1-3H3/t14-,17-/m0/s1. The number of thiophene rings is 1. The number of nitrogens with zero attached hydrogens (tertiary/aromatic N) is 2. The van der Waals surface area contributed by atoms with Crippen molar-refractivity contribution >= 4 is 27.3 Å². The maximum atomic E-state index is 13.2. The maximum absolute atomic E-state index is 13.2. The minimum absolute atomic E-state index is 0.0459. The summed E-state index contributed by atoms with van der Waals surface area (Å²) in [5.74, 6) is 1.89. The van der Waals surface area contributed by atoms with Crippen molar-refractivity contribution in [3.8, 4) is 5.75 Å². The van der Waals surface area contributed by atoms with E-state index in [0.717, 1.165) is 35.0 Å². The first-order valence-electron chi connectivity index (χ1n) is 10.8. The number of aryl methyl sites for hydroxylation is 2. The number of ether oxygens (including phenoxy) is 1. The summed E-state index contributed by atoms with van der Waals surface area (Å²) in [6, 6.07) is 6.89. The van der Waals surface area contributed by atoms with Crippen molar-refractivity contribution in [1.82, 2.24) is 9.55 Å². The van der Waals surface area contributed by atoms with E-state index in [0.29, 0.717) is 29.5 Å². The molecule has 6 nitrogen and oxygen atoms in total. The minimum atomic E-state index is -0.859. The van der Waals surface area contributed by atoms with E-state index in [-0.39, 0.29) is 24.5 Å². The average molecular weight is 441 g/mol. The lowest BCUT2D eigenvalue weighted by Gasteiger charge is -2.18.